The second-order valence-corrected chi connectivity index (χ2v) is 7.44. The number of nitrogens with one attached hydrogen (secondary N) is 1. The maximum Gasteiger partial charge on any atom is 0.328 e. The Morgan fingerprint density at radius 1 is 1.00 bits per heavy atom. The van der Waals surface area contributed by atoms with Gasteiger partial charge in [-0.25, -0.2) is 13.2 Å². The summed E-state index contributed by atoms with van der Waals surface area (Å²) < 4.78 is 26.7. The third-order valence-electron chi connectivity index (χ3n) is 3.70. The number of nitrogens with zero attached hydrogens (tertiary/aromatic N) is 1. The Balaban J connectivity index is 2.07. The summed E-state index contributed by atoms with van der Waals surface area (Å²) in [6, 6.07) is 5.85. The predicted octanol–water partition coefficient (Wildman–Crippen LogP) is 1.83. The van der Waals surface area contributed by atoms with Crippen molar-refractivity contribution in [1.82, 2.24) is 4.31 Å². The maximum atomic E-state index is 12.6. The van der Waals surface area contributed by atoms with Gasteiger partial charge >= 0.3 is 5.97 Å². The van der Waals surface area contributed by atoms with Gasteiger partial charge in [0, 0.05) is 30.9 Å². The number of sulfonamides is 1. The van der Waals surface area contributed by atoms with Crippen LogP contribution in [0.4, 0.5) is 5.69 Å². The average Bonchev–Trinajstić information content (AvgIpc) is 2.83. The lowest BCUT2D eigenvalue weighted by Crippen LogP contribution is -2.31. The lowest BCUT2D eigenvalue weighted by molar-refractivity contribution is -0.131. The summed E-state index contributed by atoms with van der Waals surface area (Å²) in [5, 5.41) is 10.9. The van der Waals surface area contributed by atoms with Crippen LogP contribution in [0, 0.1) is 0 Å². The minimum Gasteiger partial charge on any atom is -0.478 e. The summed E-state index contributed by atoms with van der Waals surface area (Å²) >= 11 is 0. The van der Waals surface area contributed by atoms with E-state index in [2.05, 4.69) is 5.32 Å². The monoisotopic (exact) mass is 352 g/mol. The van der Waals surface area contributed by atoms with Crippen molar-refractivity contribution in [2.45, 2.75) is 30.6 Å². The Bertz CT molecular complexity index is 717. The number of carbonyl (C=O) groups is 2. The molecule has 130 valence electrons. The number of benzene rings is 1. The summed E-state index contributed by atoms with van der Waals surface area (Å²) in [5.41, 5.74) is 0.393. The molecule has 0 spiro atoms. The second kappa shape index (κ2) is 8.07. The van der Waals surface area contributed by atoms with Crippen LogP contribution in [-0.4, -0.2) is 42.8 Å². The fourth-order valence-electron chi connectivity index (χ4n) is 2.47. The summed E-state index contributed by atoms with van der Waals surface area (Å²) in [7, 11) is -3.52. The van der Waals surface area contributed by atoms with Crippen LogP contribution in [0.25, 0.3) is 0 Å². The Morgan fingerprint density at radius 2 is 1.58 bits per heavy atom. The van der Waals surface area contributed by atoms with Crippen LogP contribution in [0.5, 0.6) is 0 Å². The molecule has 0 unspecified atom stereocenters. The Labute approximate surface area is 141 Å². The number of hydrogen-bond acceptors (Lipinski definition) is 4. The highest BCUT2D eigenvalue weighted by Crippen LogP contribution is 2.21. The number of carboxylic acid groups (broad SMARTS) is 1. The maximum absolute atomic E-state index is 12.6. The van der Waals surface area contributed by atoms with Gasteiger partial charge in [-0.05, 0) is 37.1 Å². The molecule has 1 saturated heterocycles. The van der Waals surface area contributed by atoms with Gasteiger partial charge in [-0.2, -0.15) is 4.31 Å². The van der Waals surface area contributed by atoms with Gasteiger partial charge in [0.1, 0.15) is 0 Å². The first kappa shape index (κ1) is 18.2. The highest BCUT2D eigenvalue weighted by Gasteiger charge is 2.24. The van der Waals surface area contributed by atoms with Crippen LogP contribution < -0.4 is 5.32 Å². The number of carboxylic acids is 1. The van der Waals surface area contributed by atoms with Gasteiger partial charge in [-0.3, -0.25) is 4.79 Å². The fourth-order valence-corrected chi connectivity index (χ4v) is 3.99. The van der Waals surface area contributed by atoms with E-state index in [1.165, 1.54) is 28.6 Å². The number of amides is 1. The van der Waals surface area contributed by atoms with E-state index in [0.29, 0.717) is 18.8 Å². The van der Waals surface area contributed by atoms with E-state index in [1.54, 1.807) is 0 Å². The molecular weight excluding hydrogens is 332 g/mol. The van der Waals surface area contributed by atoms with E-state index in [9.17, 15) is 18.0 Å². The first-order valence-corrected chi connectivity index (χ1v) is 9.16. The molecule has 7 nitrogen and oxygen atoms in total. The van der Waals surface area contributed by atoms with E-state index in [1.807, 2.05) is 0 Å². The molecule has 0 radical (unpaired) electrons. The van der Waals surface area contributed by atoms with Crippen molar-refractivity contribution in [2.24, 2.45) is 0 Å². The van der Waals surface area contributed by atoms with Gasteiger partial charge < -0.3 is 10.4 Å². The van der Waals surface area contributed by atoms with Crippen molar-refractivity contribution in [1.29, 1.82) is 0 Å². The minimum absolute atomic E-state index is 0.184. The van der Waals surface area contributed by atoms with Gasteiger partial charge in [0.15, 0.2) is 0 Å². The molecule has 1 heterocycles. The number of hydrogen-bond donors (Lipinski definition) is 2. The van der Waals surface area contributed by atoms with Gasteiger partial charge in [-0.15, -0.1) is 0 Å². The molecule has 0 aromatic heterocycles. The van der Waals surface area contributed by atoms with Crippen LogP contribution in [-0.2, 0) is 19.6 Å². The average molecular weight is 352 g/mol. The third-order valence-corrected chi connectivity index (χ3v) is 5.61. The Morgan fingerprint density at radius 3 is 2.12 bits per heavy atom. The van der Waals surface area contributed by atoms with Crippen LogP contribution in [0.15, 0.2) is 41.3 Å². The van der Waals surface area contributed by atoms with Crippen molar-refractivity contribution < 1.29 is 23.1 Å². The van der Waals surface area contributed by atoms with Gasteiger partial charge in [0.05, 0.1) is 4.90 Å². The number of rotatable bonds is 5. The van der Waals surface area contributed by atoms with Crippen LogP contribution >= 0.6 is 0 Å². The molecule has 1 aliphatic rings. The zero-order chi connectivity index (χ0) is 17.6. The summed E-state index contributed by atoms with van der Waals surface area (Å²) in [6.45, 7) is 1.06. The van der Waals surface area contributed by atoms with Crippen LogP contribution in [0.3, 0.4) is 0 Å². The summed E-state index contributed by atoms with van der Waals surface area (Å²) in [4.78, 5) is 22.0. The highest BCUT2D eigenvalue weighted by molar-refractivity contribution is 7.89. The number of aliphatic carboxylic acids is 1. The molecule has 0 aliphatic carbocycles. The van der Waals surface area contributed by atoms with Gasteiger partial charge in [0.2, 0.25) is 15.9 Å². The van der Waals surface area contributed by atoms with Crippen LogP contribution in [0.2, 0.25) is 0 Å². The minimum atomic E-state index is -3.52. The molecule has 1 aliphatic heterocycles. The van der Waals surface area contributed by atoms with Gasteiger partial charge in [-0.1, -0.05) is 12.8 Å². The summed E-state index contributed by atoms with van der Waals surface area (Å²) in [5.74, 6) is -1.82. The van der Waals surface area contributed by atoms with Crippen molar-refractivity contribution in [3.8, 4) is 0 Å². The van der Waals surface area contributed by atoms with E-state index in [0.717, 1.165) is 37.8 Å². The zero-order valence-electron chi connectivity index (χ0n) is 13.1. The molecule has 0 atom stereocenters. The molecular formula is C16H20N2O5S. The standard InChI is InChI=1S/C16H20N2O5S/c19-15(9-10-16(20)21)17-13-5-7-14(8-6-13)24(22,23)18-11-3-1-2-4-12-18/h5-10H,1-4,11-12H2,(H,17,19)(H,20,21)/b10-9+. The molecule has 1 aromatic carbocycles. The number of anilines is 1. The van der Waals surface area contributed by atoms with E-state index < -0.39 is 21.9 Å². The molecule has 0 saturated carbocycles. The fraction of sp³-hybridized carbons (Fsp3) is 0.375. The molecule has 1 fully saturated rings. The predicted molar refractivity (Wildman–Crippen MR) is 89.1 cm³/mol. The normalized spacial score (nSPS) is 16.7. The first-order valence-electron chi connectivity index (χ1n) is 7.72. The van der Waals surface area contributed by atoms with Crippen LogP contribution in [0.1, 0.15) is 25.7 Å². The quantitative estimate of drug-likeness (QED) is 0.787. The summed E-state index contributed by atoms with van der Waals surface area (Å²) in [6.07, 6.45) is 5.44. The molecule has 2 rings (SSSR count). The lowest BCUT2D eigenvalue weighted by Gasteiger charge is -2.20. The van der Waals surface area contributed by atoms with Crippen molar-refractivity contribution >= 4 is 27.6 Å². The van der Waals surface area contributed by atoms with Gasteiger partial charge in [0.25, 0.3) is 0 Å². The third kappa shape index (κ3) is 4.90. The number of carbonyl (C=O) groups excluding carboxylic acids is 1. The molecule has 24 heavy (non-hydrogen) atoms. The molecule has 0 bridgehead atoms. The SMILES string of the molecule is O=C(O)/C=C/C(=O)Nc1ccc(S(=O)(=O)N2CCCCCC2)cc1. The van der Waals surface area contributed by atoms with Crippen molar-refractivity contribution in [3.05, 3.63) is 36.4 Å². The topological polar surface area (TPSA) is 104 Å². The van der Waals surface area contributed by atoms with E-state index >= 15 is 0 Å². The molecule has 8 heteroatoms. The first-order chi connectivity index (χ1) is 11.4. The van der Waals surface area contributed by atoms with Crippen molar-refractivity contribution in [2.75, 3.05) is 18.4 Å². The Kier molecular flexibility index (Phi) is 6.10. The van der Waals surface area contributed by atoms with Crippen molar-refractivity contribution in [3.63, 3.8) is 0 Å². The molecule has 1 aromatic rings. The Hall–Kier alpha value is -2.19. The highest BCUT2D eigenvalue weighted by atomic mass is 32.2. The second-order valence-electron chi connectivity index (χ2n) is 5.50. The van der Waals surface area contributed by atoms with E-state index in [-0.39, 0.29) is 4.90 Å². The molecule has 1 amide bonds. The largest absolute Gasteiger partial charge is 0.478 e. The molecule has 2 N–H and O–H groups in total. The van der Waals surface area contributed by atoms with E-state index in [4.69, 9.17) is 5.11 Å². The smallest absolute Gasteiger partial charge is 0.328 e. The zero-order valence-corrected chi connectivity index (χ0v) is 14.0. The lowest BCUT2D eigenvalue weighted by atomic mass is 10.2.